The SMILES string of the molecule is CCC[C@@H](CC[C@H](Cc1ccc(F)cc1)C(=O)O)C(=O)O. The van der Waals surface area contributed by atoms with E-state index in [0.717, 1.165) is 12.0 Å². The predicted molar refractivity (Wildman–Crippen MR) is 76.5 cm³/mol. The number of rotatable bonds is 9. The highest BCUT2D eigenvalue weighted by Gasteiger charge is 2.23. The van der Waals surface area contributed by atoms with Crippen molar-refractivity contribution in [2.45, 2.75) is 39.0 Å². The molecule has 1 rings (SSSR count). The van der Waals surface area contributed by atoms with Crippen LogP contribution in [0.2, 0.25) is 0 Å². The van der Waals surface area contributed by atoms with Crippen molar-refractivity contribution in [1.29, 1.82) is 0 Å². The molecule has 0 saturated heterocycles. The summed E-state index contributed by atoms with van der Waals surface area (Å²) in [6.07, 6.45) is 2.25. The van der Waals surface area contributed by atoms with Gasteiger partial charge in [-0.2, -0.15) is 0 Å². The Balaban J connectivity index is 2.63. The number of carboxylic acids is 2. The van der Waals surface area contributed by atoms with Crippen molar-refractivity contribution in [2.24, 2.45) is 11.8 Å². The average molecular weight is 296 g/mol. The molecule has 0 aliphatic heterocycles. The average Bonchev–Trinajstić information content (AvgIpc) is 2.43. The van der Waals surface area contributed by atoms with E-state index in [-0.39, 0.29) is 12.2 Å². The van der Waals surface area contributed by atoms with E-state index < -0.39 is 23.8 Å². The van der Waals surface area contributed by atoms with E-state index in [2.05, 4.69) is 0 Å². The molecule has 1 aromatic rings. The number of hydrogen-bond acceptors (Lipinski definition) is 2. The van der Waals surface area contributed by atoms with Crippen LogP contribution >= 0.6 is 0 Å². The highest BCUT2D eigenvalue weighted by molar-refractivity contribution is 5.71. The number of carbonyl (C=O) groups is 2. The van der Waals surface area contributed by atoms with Crippen LogP contribution in [0.4, 0.5) is 4.39 Å². The number of aliphatic carboxylic acids is 2. The summed E-state index contributed by atoms with van der Waals surface area (Å²) >= 11 is 0. The molecule has 0 aromatic heterocycles. The van der Waals surface area contributed by atoms with Crippen molar-refractivity contribution in [3.8, 4) is 0 Å². The van der Waals surface area contributed by atoms with Crippen LogP contribution in [0, 0.1) is 17.7 Å². The molecule has 0 bridgehead atoms. The van der Waals surface area contributed by atoms with Gasteiger partial charge in [-0.25, -0.2) is 4.39 Å². The molecule has 21 heavy (non-hydrogen) atoms. The fourth-order valence-corrected chi connectivity index (χ4v) is 2.36. The van der Waals surface area contributed by atoms with Crippen LogP contribution in [0.15, 0.2) is 24.3 Å². The fraction of sp³-hybridized carbons (Fsp3) is 0.500. The third kappa shape index (κ3) is 5.94. The molecule has 0 aliphatic rings. The molecule has 0 unspecified atom stereocenters. The van der Waals surface area contributed by atoms with Crippen molar-refractivity contribution in [3.05, 3.63) is 35.6 Å². The van der Waals surface area contributed by atoms with Crippen molar-refractivity contribution >= 4 is 11.9 Å². The van der Waals surface area contributed by atoms with Crippen molar-refractivity contribution < 1.29 is 24.2 Å². The molecule has 2 N–H and O–H groups in total. The maximum atomic E-state index is 12.8. The summed E-state index contributed by atoms with van der Waals surface area (Å²) < 4.78 is 12.8. The van der Waals surface area contributed by atoms with E-state index in [1.54, 1.807) is 12.1 Å². The molecule has 0 fully saturated rings. The first kappa shape index (κ1) is 17.1. The Kier molecular flexibility index (Phi) is 6.85. The van der Waals surface area contributed by atoms with Crippen LogP contribution < -0.4 is 0 Å². The molecule has 0 amide bonds. The van der Waals surface area contributed by atoms with Gasteiger partial charge in [-0.3, -0.25) is 9.59 Å². The van der Waals surface area contributed by atoms with E-state index in [1.165, 1.54) is 12.1 Å². The normalized spacial score (nSPS) is 13.6. The number of benzene rings is 1. The number of hydrogen-bond donors (Lipinski definition) is 2. The van der Waals surface area contributed by atoms with E-state index >= 15 is 0 Å². The van der Waals surface area contributed by atoms with Crippen LogP contribution in [-0.2, 0) is 16.0 Å². The summed E-state index contributed by atoms with van der Waals surface area (Å²) in [4.78, 5) is 22.4. The molecule has 5 heteroatoms. The largest absolute Gasteiger partial charge is 0.481 e. The van der Waals surface area contributed by atoms with Crippen molar-refractivity contribution in [3.63, 3.8) is 0 Å². The zero-order chi connectivity index (χ0) is 15.8. The summed E-state index contributed by atoms with van der Waals surface area (Å²) in [7, 11) is 0. The van der Waals surface area contributed by atoms with Crippen molar-refractivity contribution in [1.82, 2.24) is 0 Å². The summed E-state index contributed by atoms with van der Waals surface area (Å²) in [6, 6.07) is 5.72. The first-order valence-electron chi connectivity index (χ1n) is 7.14. The minimum atomic E-state index is -0.944. The van der Waals surface area contributed by atoms with Crippen LogP contribution in [-0.4, -0.2) is 22.2 Å². The first-order chi connectivity index (χ1) is 9.93. The minimum Gasteiger partial charge on any atom is -0.481 e. The summed E-state index contributed by atoms with van der Waals surface area (Å²) in [5.41, 5.74) is 0.742. The lowest BCUT2D eigenvalue weighted by molar-refractivity contribution is -0.145. The maximum absolute atomic E-state index is 12.8. The van der Waals surface area contributed by atoms with Gasteiger partial charge in [0.05, 0.1) is 11.8 Å². The van der Waals surface area contributed by atoms with Gasteiger partial charge in [0, 0.05) is 0 Å². The second kappa shape index (κ2) is 8.39. The fourth-order valence-electron chi connectivity index (χ4n) is 2.36. The molecule has 0 spiro atoms. The standard InChI is InChI=1S/C16H21FO4/c1-2-3-12(15(18)19)6-7-13(16(20)21)10-11-4-8-14(17)9-5-11/h4-5,8-9,12-13H,2-3,6-7,10H2,1H3,(H,18,19)(H,20,21)/t12-,13+/m0/s1. The van der Waals surface area contributed by atoms with Crippen molar-refractivity contribution in [2.75, 3.05) is 0 Å². The zero-order valence-corrected chi connectivity index (χ0v) is 12.1. The van der Waals surface area contributed by atoms with E-state index in [0.29, 0.717) is 19.3 Å². The van der Waals surface area contributed by atoms with Gasteiger partial charge in [0.2, 0.25) is 0 Å². The third-order valence-electron chi connectivity index (χ3n) is 3.59. The Labute approximate surface area is 123 Å². The highest BCUT2D eigenvalue weighted by Crippen LogP contribution is 2.21. The molecule has 4 nitrogen and oxygen atoms in total. The second-order valence-corrected chi connectivity index (χ2v) is 5.27. The first-order valence-corrected chi connectivity index (χ1v) is 7.14. The molecule has 1 aromatic carbocycles. The second-order valence-electron chi connectivity index (χ2n) is 5.27. The predicted octanol–water partition coefficient (Wildman–Crippen LogP) is 3.35. The molecule has 116 valence electrons. The Hall–Kier alpha value is -1.91. The smallest absolute Gasteiger partial charge is 0.306 e. The Bertz CT molecular complexity index is 470. The quantitative estimate of drug-likeness (QED) is 0.733. The van der Waals surface area contributed by atoms with E-state index in [9.17, 15) is 19.1 Å². The van der Waals surface area contributed by atoms with Crippen LogP contribution in [0.1, 0.15) is 38.2 Å². The number of carboxylic acid groups (broad SMARTS) is 2. The lowest BCUT2D eigenvalue weighted by Gasteiger charge is -2.16. The maximum Gasteiger partial charge on any atom is 0.306 e. The number of halogens is 1. The Morgan fingerprint density at radius 2 is 1.52 bits per heavy atom. The topological polar surface area (TPSA) is 74.6 Å². The van der Waals surface area contributed by atoms with Gasteiger partial charge in [0.15, 0.2) is 0 Å². The third-order valence-corrected chi connectivity index (χ3v) is 3.59. The lowest BCUT2D eigenvalue weighted by Crippen LogP contribution is -2.20. The van der Waals surface area contributed by atoms with E-state index in [1.807, 2.05) is 6.92 Å². The van der Waals surface area contributed by atoms with Gasteiger partial charge >= 0.3 is 11.9 Å². The summed E-state index contributed by atoms with van der Waals surface area (Å²) in [5.74, 6) is -3.32. The molecule has 0 saturated carbocycles. The molecule has 0 aliphatic carbocycles. The van der Waals surface area contributed by atoms with E-state index in [4.69, 9.17) is 5.11 Å². The molecular weight excluding hydrogens is 275 g/mol. The zero-order valence-electron chi connectivity index (χ0n) is 12.1. The van der Waals surface area contributed by atoms with Gasteiger partial charge in [0.25, 0.3) is 0 Å². The van der Waals surface area contributed by atoms with Crippen LogP contribution in [0.3, 0.4) is 0 Å². The van der Waals surface area contributed by atoms with Gasteiger partial charge in [-0.05, 0) is 43.4 Å². The Morgan fingerprint density at radius 3 is 2.00 bits per heavy atom. The highest BCUT2D eigenvalue weighted by atomic mass is 19.1. The van der Waals surface area contributed by atoms with Crippen LogP contribution in [0.25, 0.3) is 0 Å². The van der Waals surface area contributed by atoms with Gasteiger partial charge < -0.3 is 10.2 Å². The molecule has 2 atom stereocenters. The summed E-state index contributed by atoms with van der Waals surface area (Å²) in [5, 5.41) is 18.3. The van der Waals surface area contributed by atoms with Gasteiger partial charge in [-0.15, -0.1) is 0 Å². The van der Waals surface area contributed by atoms with Gasteiger partial charge in [0.1, 0.15) is 5.82 Å². The van der Waals surface area contributed by atoms with Crippen LogP contribution in [0.5, 0.6) is 0 Å². The molecule has 0 heterocycles. The molecular formula is C16H21FO4. The lowest BCUT2D eigenvalue weighted by atomic mass is 9.89. The summed E-state index contributed by atoms with van der Waals surface area (Å²) in [6.45, 7) is 1.91. The monoisotopic (exact) mass is 296 g/mol. The molecule has 0 radical (unpaired) electrons. The Morgan fingerprint density at radius 1 is 1.00 bits per heavy atom. The minimum absolute atomic E-state index is 0.286. The van der Waals surface area contributed by atoms with Gasteiger partial charge in [-0.1, -0.05) is 25.5 Å².